The van der Waals surface area contributed by atoms with E-state index in [4.69, 9.17) is 10.5 Å². The van der Waals surface area contributed by atoms with Gasteiger partial charge < -0.3 is 10.5 Å². The Labute approximate surface area is 112 Å². The van der Waals surface area contributed by atoms with Gasteiger partial charge in [0.2, 0.25) is 0 Å². The van der Waals surface area contributed by atoms with Crippen LogP contribution in [0.5, 0.6) is 5.88 Å². The molecule has 1 aliphatic carbocycles. The van der Waals surface area contributed by atoms with Gasteiger partial charge >= 0.3 is 5.69 Å². The second-order valence-electron chi connectivity index (χ2n) is 5.09. The van der Waals surface area contributed by atoms with Gasteiger partial charge in [0.1, 0.15) is 0 Å². The van der Waals surface area contributed by atoms with Crippen LogP contribution < -0.4 is 10.5 Å². The highest BCUT2D eigenvalue weighted by atomic mass is 16.6. The molecule has 0 aromatic carbocycles. The largest absolute Gasteiger partial charge is 0.473 e. The van der Waals surface area contributed by atoms with Crippen molar-refractivity contribution in [3.05, 3.63) is 27.9 Å². The van der Waals surface area contributed by atoms with E-state index in [1.165, 1.54) is 6.07 Å². The third-order valence-electron chi connectivity index (χ3n) is 3.72. The standard InChI is InChI=1S/C13H19N3O3/c1-9-5-12(16(17)18)13(15-7-9)19-8-11-4-2-3-10(11)6-14/h5,7,10-11H,2-4,6,8,14H2,1H3. The minimum atomic E-state index is -0.454. The molecule has 0 spiro atoms. The van der Waals surface area contributed by atoms with Crippen molar-refractivity contribution in [2.45, 2.75) is 26.2 Å². The average molecular weight is 265 g/mol. The van der Waals surface area contributed by atoms with Gasteiger partial charge in [0.25, 0.3) is 5.88 Å². The maximum Gasteiger partial charge on any atom is 0.331 e. The lowest BCUT2D eigenvalue weighted by atomic mass is 9.97. The third kappa shape index (κ3) is 3.20. The number of aryl methyl sites for hydroxylation is 1. The van der Waals surface area contributed by atoms with E-state index in [0.717, 1.165) is 24.8 Å². The predicted molar refractivity (Wildman–Crippen MR) is 71.0 cm³/mol. The zero-order valence-electron chi connectivity index (χ0n) is 11.0. The molecular formula is C13H19N3O3. The highest BCUT2D eigenvalue weighted by Gasteiger charge is 2.27. The fourth-order valence-corrected chi connectivity index (χ4v) is 2.61. The summed E-state index contributed by atoms with van der Waals surface area (Å²) in [6.07, 6.45) is 4.92. The lowest BCUT2D eigenvalue weighted by Gasteiger charge is -2.17. The molecule has 6 heteroatoms. The van der Waals surface area contributed by atoms with Gasteiger partial charge in [-0.05, 0) is 43.7 Å². The summed E-state index contributed by atoms with van der Waals surface area (Å²) in [5.41, 5.74) is 6.39. The highest BCUT2D eigenvalue weighted by Crippen LogP contribution is 2.32. The molecule has 104 valence electrons. The summed E-state index contributed by atoms with van der Waals surface area (Å²) in [4.78, 5) is 14.5. The van der Waals surface area contributed by atoms with E-state index in [-0.39, 0.29) is 11.6 Å². The molecule has 1 fully saturated rings. The van der Waals surface area contributed by atoms with Crippen LogP contribution in [0.1, 0.15) is 24.8 Å². The van der Waals surface area contributed by atoms with Gasteiger partial charge in [-0.1, -0.05) is 6.42 Å². The van der Waals surface area contributed by atoms with Gasteiger partial charge in [0, 0.05) is 12.3 Å². The van der Waals surface area contributed by atoms with E-state index in [9.17, 15) is 10.1 Å². The second kappa shape index (κ2) is 5.97. The van der Waals surface area contributed by atoms with Crippen LogP contribution in [-0.2, 0) is 0 Å². The predicted octanol–water partition coefficient (Wildman–Crippen LogP) is 2.05. The molecule has 1 aliphatic rings. The topological polar surface area (TPSA) is 91.3 Å². The Kier molecular flexibility index (Phi) is 4.31. The van der Waals surface area contributed by atoms with Crippen LogP contribution in [0.15, 0.2) is 12.3 Å². The SMILES string of the molecule is Cc1cnc(OCC2CCCC2CN)c([N+](=O)[O-])c1. The summed E-state index contributed by atoms with van der Waals surface area (Å²) in [7, 11) is 0. The van der Waals surface area contributed by atoms with E-state index < -0.39 is 4.92 Å². The van der Waals surface area contributed by atoms with Crippen molar-refractivity contribution in [1.82, 2.24) is 4.98 Å². The first-order chi connectivity index (χ1) is 9.11. The summed E-state index contributed by atoms with van der Waals surface area (Å²) in [5.74, 6) is 0.954. The number of hydrogen-bond acceptors (Lipinski definition) is 5. The van der Waals surface area contributed by atoms with E-state index in [2.05, 4.69) is 4.98 Å². The number of ether oxygens (including phenoxy) is 1. The Bertz CT molecular complexity index is 464. The van der Waals surface area contributed by atoms with Crippen molar-refractivity contribution in [2.75, 3.05) is 13.2 Å². The minimum absolute atomic E-state index is 0.0673. The van der Waals surface area contributed by atoms with Crippen molar-refractivity contribution in [1.29, 1.82) is 0 Å². The smallest absolute Gasteiger partial charge is 0.331 e. The van der Waals surface area contributed by atoms with Crippen LogP contribution in [-0.4, -0.2) is 23.1 Å². The Morgan fingerprint density at radius 1 is 1.53 bits per heavy atom. The molecule has 2 N–H and O–H groups in total. The maximum absolute atomic E-state index is 11.0. The van der Waals surface area contributed by atoms with Gasteiger partial charge in [-0.3, -0.25) is 10.1 Å². The lowest BCUT2D eigenvalue weighted by molar-refractivity contribution is -0.386. The number of hydrogen-bond donors (Lipinski definition) is 1. The molecule has 2 rings (SSSR count). The molecule has 1 aromatic rings. The lowest BCUT2D eigenvalue weighted by Crippen LogP contribution is -2.23. The summed E-state index contributed by atoms with van der Waals surface area (Å²) in [6, 6.07) is 1.48. The molecule has 0 bridgehead atoms. The quantitative estimate of drug-likeness (QED) is 0.649. The van der Waals surface area contributed by atoms with Crippen LogP contribution in [0.3, 0.4) is 0 Å². The monoisotopic (exact) mass is 265 g/mol. The number of rotatable bonds is 5. The number of nitrogens with two attached hydrogens (primary N) is 1. The third-order valence-corrected chi connectivity index (χ3v) is 3.72. The molecule has 1 heterocycles. The van der Waals surface area contributed by atoms with Gasteiger partial charge in [-0.2, -0.15) is 0 Å². The van der Waals surface area contributed by atoms with Gasteiger partial charge in [-0.15, -0.1) is 0 Å². The van der Waals surface area contributed by atoms with E-state index in [0.29, 0.717) is 25.0 Å². The van der Waals surface area contributed by atoms with Crippen molar-refractivity contribution in [2.24, 2.45) is 17.6 Å². The summed E-state index contributed by atoms with van der Waals surface area (Å²) < 4.78 is 5.56. The molecule has 0 saturated heterocycles. The van der Waals surface area contributed by atoms with Gasteiger partial charge in [0.05, 0.1) is 11.5 Å². The minimum Gasteiger partial charge on any atom is -0.473 e. The molecule has 2 unspecified atom stereocenters. The summed E-state index contributed by atoms with van der Waals surface area (Å²) in [6.45, 7) is 2.88. The normalized spacial score (nSPS) is 22.4. The Morgan fingerprint density at radius 3 is 2.95 bits per heavy atom. The number of nitrogens with zero attached hydrogens (tertiary/aromatic N) is 2. The fraction of sp³-hybridized carbons (Fsp3) is 0.615. The first-order valence-corrected chi connectivity index (χ1v) is 6.55. The maximum atomic E-state index is 11.0. The first kappa shape index (κ1) is 13.7. The highest BCUT2D eigenvalue weighted by molar-refractivity contribution is 5.42. The van der Waals surface area contributed by atoms with Crippen LogP contribution in [0.2, 0.25) is 0 Å². The zero-order chi connectivity index (χ0) is 13.8. The number of nitro groups is 1. The van der Waals surface area contributed by atoms with E-state index in [1.54, 1.807) is 13.1 Å². The van der Waals surface area contributed by atoms with Crippen LogP contribution >= 0.6 is 0 Å². The molecule has 0 amide bonds. The van der Waals surface area contributed by atoms with Crippen LogP contribution in [0.25, 0.3) is 0 Å². The molecular weight excluding hydrogens is 246 g/mol. The first-order valence-electron chi connectivity index (χ1n) is 6.55. The Balaban J connectivity index is 2.05. The van der Waals surface area contributed by atoms with E-state index >= 15 is 0 Å². The average Bonchev–Trinajstić information content (AvgIpc) is 2.84. The summed E-state index contributed by atoms with van der Waals surface area (Å²) >= 11 is 0. The van der Waals surface area contributed by atoms with Crippen molar-refractivity contribution in [3.63, 3.8) is 0 Å². The van der Waals surface area contributed by atoms with Gasteiger partial charge in [0.15, 0.2) is 0 Å². The van der Waals surface area contributed by atoms with Crippen molar-refractivity contribution in [3.8, 4) is 5.88 Å². The molecule has 1 saturated carbocycles. The molecule has 2 atom stereocenters. The van der Waals surface area contributed by atoms with E-state index in [1.807, 2.05) is 0 Å². The second-order valence-corrected chi connectivity index (χ2v) is 5.09. The Morgan fingerprint density at radius 2 is 2.26 bits per heavy atom. The van der Waals surface area contributed by atoms with Crippen molar-refractivity contribution < 1.29 is 9.66 Å². The number of pyridine rings is 1. The van der Waals surface area contributed by atoms with Crippen LogP contribution in [0.4, 0.5) is 5.69 Å². The van der Waals surface area contributed by atoms with Gasteiger partial charge in [-0.25, -0.2) is 4.98 Å². The zero-order valence-corrected chi connectivity index (χ0v) is 11.0. The molecule has 0 radical (unpaired) electrons. The summed E-state index contributed by atoms with van der Waals surface area (Å²) in [5, 5.41) is 11.0. The Hall–Kier alpha value is -1.69. The fourth-order valence-electron chi connectivity index (χ4n) is 2.61. The van der Waals surface area contributed by atoms with Crippen molar-refractivity contribution >= 4 is 5.69 Å². The molecule has 6 nitrogen and oxygen atoms in total. The number of aromatic nitrogens is 1. The molecule has 19 heavy (non-hydrogen) atoms. The van der Waals surface area contributed by atoms with Crippen LogP contribution in [0, 0.1) is 28.9 Å². The molecule has 1 aromatic heterocycles. The molecule has 0 aliphatic heterocycles.